The molecule has 0 aromatic rings. The normalized spacial score (nSPS) is 16.5. The summed E-state index contributed by atoms with van der Waals surface area (Å²) in [6, 6.07) is 0. The summed E-state index contributed by atoms with van der Waals surface area (Å²) >= 11 is 0. The van der Waals surface area contributed by atoms with Crippen LogP contribution in [-0.2, 0) is 9.59 Å². The molecular weight excluding hydrogens is 196 g/mol. The van der Waals surface area contributed by atoms with Crippen molar-refractivity contribution in [2.24, 2.45) is 0 Å². The van der Waals surface area contributed by atoms with Gasteiger partial charge in [-0.1, -0.05) is 0 Å². The van der Waals surface area contributed by atoms with Crippen molar-refractivity contribution in [3.8, 4) is 0 Å². The summed E-state index contributed by atoms with van der Waals surface area (Å²) in [4.78, 5) is 23.6. The molecule has 2 N–H and O–H groups in total. The van der Waals surface area contributed by atoms with Gasteiger partial charge in [0.1, 0.15) is 6.54 Å². The number of likely N-dealkylation sites (tertiary alicyclic amines) is 1. The Balaban J connectivity index is 1.98. The fourth-order valence-corrected chi connectivity index (χ4v) is 1.73. The van der Waals surface area contributed by atoms with E-state index in [2.05, 4.69) is 10.2 Å². The molecule has 5 heteroatoms. The Morgan fingerprint density at radius 1 is 1.27 bits per heavy atom. The molecule has 1 heterocycles. The summed E-state index contributed by atoms with van der Waals surface area (Å²) in [5.74, 6) is -1.17. The second kappa shape index (κ2) is 6.40. The number of carboxylic acids is 1. The van der Waals surface area contributed by atoms with Gasteiger partial charge in [-0.2, -0.15) is 0 Å². The molecule has 1 aliphatic heterocycles. The van der Waals surface area contributed by atoms with Gasteiger partial charge in [-0.25, -0.2) is 0 Å². The van der Waals surface area contributed by atoms with Crippen molar-refractivity contribution in [1.29, 1.82) is 0 Å². The summed E-state index contributed by atoms with van der Waals surface area (Å²) in [6.45, 7) is 2.94. The van der Waals surface area contributed by atoms with Crippen LogP contribution in [0.25, 0.3) is 0 Å². The molecule has 15 heavy (non-hydrogen) atoms. The Bertz CT molecular complexity index is 225. The number of nitrogens with one attached hydrogen (secondary N) is 1. The third-order valence-corrected chi connectivity index (χ3v) is 2.51. The van der Waals surface area contributed by atoms with Crippen LogP contribution in [0.4, 0.5) is 0 Å². The van der Waals surface area contributed by atoms with Crippen LogP contribution < -0.4 is 5.32 Å². The number of aliphatic carboxylic acids is 1. The molecule has 0 spiro atoms. The third-order valence-electron chi connectivity index (χ3n) is 2.51. The van der Waals surface area contributed by atoms with E-state index in [1.54, 1.807) is 0 Å². The number of hydrogen-bond acceptors (Lipinski definition) is 3. The molecule has 1 amide bonds. The van der Waals surface area contributed by atoms with Crippen molar-refractivity contribution >= 4 is 11.9 Å². The number of carbonyl (C=O) groups is 2. The smallest absolute Gasteiger partial charge is 0.322 e. The van der Waals surface area contributed by atoms with Crippen LogP contribution in [0.1, 0.15) is 25.7 Å². The lowest BCUT2D eigenvalue weighted by Gasteiger charge is -2.13. The topological polar surface area (TPSA) is 69.6 Å². The quantitative estimate of drug-likeness (QED) is 0.656. The maximum atomic E-state index is 11.1. The van der Waals surface area contributed by atoms with Crippen molar-refractivity contribution in [2.75, 3.05) is 26.2 Å². The van der Waals surface area contributed by atoms with Crippen LogP contribution in [0, 0.1) is 0 Å². The van der Waals surface area contributed by atoms with Gasteiger partial charge in [0.25, 0.3) is 0 Å². The van der Waals surface area contributed by atoms with E-state index < -0.39 is 5.97 Å². The van der Waals surface area contributed by atoms with Crippen LogP contribution in [0.2, 0.25) is 0 Å². The molecular formula is C10H18N2O3. The molecule has 1 saturated heterocycles. The van der Waals surface area contributed by atoms with E-state index in [-0.39, 0.29) is 12.5 Å². The largest absolute Gasteiger partial charge is 0.480 e. The van der Waals surface area contributed by atoms with E-state index in [1.165, 1.54) is 12.8 Å². The highest BCUT2D eigenvalue weighted by atomic mass is 16.4. The van der Waals surface area contributed by atoms with Crippen LogP contribution in [0.15, 0.2) is 0 Å². The molecule has 0 aromatic carbocycles. The predicted molar refractivity (Wildman–Crippen MR) is 55.6 cm³/mol. The van der Waals surface area contributed by atoms with Gasteiger partial charge in [0.15, 0.2) is 0 Å². The maximum Gasteiger partial charge on any atom is 0.322 e. The van der Waals surface area contributed by atoms with Crippen molar-refractivity contribution in [2.45, 2.75) is 25.7 Å². The van der Waals surface area contributed by atoms with Crippen LogP contribution in [-0.4, -0.2) is 48.1 Å². The number of amides is 1. The first kappa shape index (κ1) is 12.0. The Kier molecular flexibility index (Phi) is 5.10. The zero-order chi connectivity index (χ0) is 11.1. The number of rotatable bonds is 6. The molecule has 0 aromatic heterocycles. The van der Waals surface area contributed by atoms with Crippen molar-refractivity contribution in [3.05, 3.63) is 0 Å². The highest BCUT2D eigenvalue weighted by molar-refractivity contribution is 5.80. The standard InChI is InChI=1S/C10H18N2O3/c13-9(11-8-10(14)15)4-3-7-12-5-1-2-6-12/h1-8H2,(H,11,13)(H,14,15). The van der Waals surface area contributed by atoms with Gasteiger partial charge in [0.05, 0.1) is 0 Å². The predicted octanol–water partition coefficient (Wildman–Crippen LogP) is 0.0632. The average Bonchev–Trinajstić information content (AvgIpc) is 2.67. The molecule has 0 aliphatic carbocycles. The van der Waals surface area contributed by atoms with E-state index >= 15 is 0 Å². The lowest BCUT2D eigenvalue weighted by atomic mass is 10.3. The molecule has 0 unspecified atom stereocenters. The number of nitrogens with zero attached hydrogens (tertiary/aromatic N) is 1. The van der Waals surface area contributed by atoms with Gasteiger partial charge >= 0.3 is 5.97 Å². The Labute approximate surface area is 89.4 Å². The number of hydrogen-bond donors (Lipinski definition) is 2. The summed E-state index contributed by atoms with van der Waals surface area (Å²) in [6.07, 6.45) is 3.74. The minimum atomic E-state index is -0.997. The minimum Gasteiger partial charge on any atom is -0.480 e. The second-order valence-electron chi connectivity index (χ2n) is 3.82. The van der Waals surface area contributed by atoms with Crippen LogP contribution >= 0.6 is 0 Å². The van der Waals surface area contributed by atoms with Crippen molar-refractivity contribution < 1.29 is 14.7 Å². The zero-order valence-electron chi connectivity index (χ0n) is 8.87. The van der Waals surface area contributed by atoms with E-state index in [1.807, 2.05) is 0 Å². The molecule has 5 nitrogen and oxygen atoms in total. The van der Waals surface area contributed by atoms with Gasteiger partial charge < -0.3 is 15.3 Å². The first-order valence-electron chi connectivity index (χ1n) is 5.39. The summed E-state index contributed by atoms with van der Waals surface area (Å²) in [7, 11) is 0. The molecule has 0 saturated carbocycles. The molecule has 0 bridgehead atoms. The van der Waals surface area contributed by atoms with Gasteiger partial charge in [-0.3, -0.25) is 9.59 Å². The third kappa shape index (κ3) is 5.37. The maximum absolute atomic E-state index is 11.1. The van der Waals surface area contributed by atoms with Crippen LogP contribution in [0.3, 0.4) is 0 Å². The van der Waals surface area contributed by atoms with Crippen molar-refractivity contribution in [1.82, 2.24) is 10.2 Å². The fourth-order valence-electron chi connectivity index (χ4n) is 1.73. The van der Waals surface area contributed by atoms with Gasteiger partial charge in [-0.05, 0) is 38.9 Å². The van der Waals surface area contributed by atoms with E-state index in [9.17, 15) is 9.59 Å². The highest BCUT2D eigenvalue weighted by Gasteiger charge is 2.11. The van der Waals surface area contributed by atoms with E-state index in [4.69, 9.17) is 5.11 Å². The van der Waals surface area contributed by atoms with Crippen LogP contribution in [0.5, 0.6) is 0 Å². The number of carboxylic acid groups (broad SMARTS) is 1. The van der Waals surface area contributed by atoms with E-state index in [0.717, 1.165) is 26.1 Å². The molecule has 0 atom stereocenters. The van der Waals surface area contributed by atoms with E-state index in [0.29, 0.717) is 6.42 Å². The fraction of sp³-hybridized carbons (Fsp3) is 0.800. The monoisotopic (exact) mass is 214 g/mol. The van der Waals surface area contributed by atoms with Crippen molar-refractivity contribution in [3.63, 3.8) is 0 Å². The summed E-state index contributed by atoms with van der Waals surface area (Å²) < 4.78 is 0. The minimum absolute atomic E-state index is 0.170. The van der Waals surface area contributed by atoms with Gasteiger partial charge in [-0.15, -0.1) is 0 Å². The lowest BCUT2D eigenvalue weighted by Crippen LogP contribution is -2.30. The second-order valence-corrected chi connectivity index (χ2v) is 3.82. The Hall–Kier alpha value is -1.10. The summed E-state index contributed by atoms with van der Waals surface area (Å²) in [5, 5.41) is 10.7. The first-order chi connectivity index (χ1) is 7.18. The van der Waals surface area contributed by atoms with Gasteiger partial charge in [0, 0.05) is 6.42 Å². The molecule has 1 aliphatic rings. The molecule has 0 radical (unpaired) electrons. The zero-order valence-corrected chi connectivity index (χ0v) is 8.87. The Morgan fingerprint density at radius 3 is 2.53 bits per heavy atom. The number of carbonyl (C=O) groups excluding carboxylic acids is 1. The molecule has 1 fully saturated rings. The molecule has 1 rings (SSSR count). The first-order valence-corrected chi connectivity index (χ1v) is 5.39. The SMILES string of the molecule is O=C(O)CNC(=O)CCCN1CCCC1. The summed E-state index contributed by atoms with van der Waals surface area (Å²) in [5.41, 5.74) is 0. The average molecular weight is 214 g/mol. The highest BCUT2D eigenvalue weighted by Crippen LogP contribution is 2.07. The Morgan fingerprint density at radius 2 is 1.93 bits per heavy atom. The molecule has 86 valence electrons. The van der Waals surface area contributed by atoms with Gasteiger partial charge in [0.2, 0.25) is 5.91 Å². The lowest BCUT2D eigenvalue weighted by molar-refractivity contribution is -0.137.